The number of aromatic amines is 1. The van der Waals surface area contributed by atoms with Crippen LogP contribution in [0.3, 0.4) is 0 Å². The molecular formula is C23H25N7O2S. The molecule has 1 saturated heterocycles. The molecule has 3 aromatic heterocycles. The van der Waals surface area contributed by atoms with Crippen LogP contribution in [0.25, 0.3) is 11.0 Å². The number of hydrogen-bond donors (Lipinski definition) is 4. The molecule has 1 aromatic carbocycles. The summed E-state index contributed by atoms with van der Waals surface area (Å²) in [6, 6.07) is 9.14. The first-order valence-electron chi connectivity index (χ1n) is 10.9. The Morgan fingerprint density at radius 1 is 1.21 bits per heavy atom. The molecule has 4 heterocycles. The summed E-state index contributed by atoms with van der Waals surface area (Å²) in [4.78, 5) is 22.4. The van der Waals surface area contributed by atoms with Gasteiger partial charge in [-0.25, -0.2) is 9.97 Å². The monoisotopic (exact) mass is 463 g/mol. The average molecular weight is 464 g/mol. The van der Waals surface area contributed by atoms with Crippen LogP contribution in [0.1, 0.15) is 33.8 Å². The molecule has 1 fully saturated rings. The fourth-order valence-corrected chi connectivity index (χ4v) is 4.59. The number of pyridine rings is 1. The smallest absolute Gasteiger partial charge is 0.257 e. The van der Waals surface area contributed by atoms with E-state index in [4.69, 9.17) is 4.74 Å². The molecule has 4 N–H and O–H groups in total. The minimum Gasteiger partial charge on any atom is -0.456 e. The highest BCUT2D eigenvalue weighted by atomic mass is 32.1. The van der Waals surface area contributed by atoms with E-state index < -0.39 is 0 Å². The maximum absolute atomic E-state index is 12.6. The topological polar surface area (TPSA) is 117 Å². The second kappa shape index (κ2) is 9.16. The molecule has 9 nitrogen and oxygen atoms in total. The molecule has 0 spiro atoms. The number of carbonyl (C=O) groups excluding carboxylic acids is 1. The largest absolute Gasteiger partial charge is 0.456 e. The van der Waals surface area contributed by atoms with Crippen molar-refractivity contribution in [1.82, 2.24) is 25.5 Å². The van der Waals surface area contributed by atoms with Gasteiger partial charge >= 0.3 is 0 Å². The zero-order valence-electron chi connectivity index (χ0n) is 18.4. The van der Waals surface area contributed by atoms with Gasteiger partial charge in [0.25, 0.3) is 5.91 Å². The molecule has 1 aliphatic rings. The molecule has 10 heteroatoms. The van der Waals surface area contributed by atoms with E-state index in [1.807, 2.05) is 19.9 Å². The van der Waals surface area contributed by atoms with Crippen molar-refractivity contribution < 1.29 is 9.53 Å². The summed E-state index contributed by atoms with van der Waals surface area (Å²) in [6.07, 6.45) is 3.90. The number of amides is 1. The Morgan fingerprint density at radius 3 is 2.79 bits per heavy atom. The van der Waals surface area contributed by atoms with Gasteiger partial charge in [0.2, 0.25) is 0 Å². The van der Waals surface area contributed by atoms with Crippen LogP contribution in [0.2, 0.25) is 0 Å². The predicted molar refractivity (Wildman–Crippen MR) is 129 cm³/mol. The number of ether oxygens (including phenoxy) is 1. The van der Waals surface area contributed by atoms with E-state index in [-0.39, 0.29) is 5.91 Å². The van der Waals surface area contributed by atoms with Crippen LogP contribution < -0.4 is 20.7 Å². The number of hydrogen-bond acceptors (Lipinski definition) is 8. The van der Waals surface area contributed by atoms with E-state index >= 15 is 0 Å². The number of piperidine rings is 1. The summed E-state index contributed by atoms with van der Waals surface area (Å²) in [6.45, 7) is 5.86. The molecule has 0 saturated carbocycles. The lowest BCUT2D eigenvalue weighted by atomic mass is 10.1. The summed E-state index contributed by atoms with van der Waals surface area (Å²) in [5, 5.41) is 18.5. The SMILES string of the molecule is Cc1nc(NC(=O)c2ccc(Oc3ccnc4[nH]nc(N[C@@H]5CCCNC5)c34)cc2)sc1C. The van der Waals surface area contributed by atoms with Gasteiger partial charge in [0, 0.05) is 35.3 Å². The van der Waals surface area contributed by atoms with Crippen LogP contribution in [0.15, 0.2) is 36.5 Å². The van der Waals surface area contributed by atoms with Gasteiger partial charge in [0.05, 0.1) is 5.69 Å². The van der Waals surface area contributed by atoms with Crippen molar-refractivity contribution in [1.29, 1.82) is 0 Å². The molecule has 4 aromatic rings. The Labute approximate surface area is 195 Å². The van der Waals surface area contributed by atoms with Crippen LogP contribution >= 0.6 is 11.3 Å². The van der Waals surface area contributed by atoms with Crippen LogP contribution in [-0.2, 0) is 0 Å². The summed E-state index contributed by atoms with van der Waals surface area (Å²) in [5.41, 5.74) is 2.11. The molecule has 0 aliphatic carbocycles. The van der Waals surface area contributed by atoms with E-state index in [1.54, 1.807) is 30.5 Å². The maximum atomic E-state index is 12.6. The van der Waals surface area contributed by atoms with E-state index in [1.165, 1.54) is 11.3 Å². The van der Waals surface area contributed by atoms with Crippen molar-refractivity contribution in [2.24, 2.45) is 0 Å². The molecule has 33 heavy (non-hydrogen) atoms. The summed E-state index contributed by atoms with van der Waals surface area (Å²) in [7, 11) is 0. The Bertz CT molecular complexity index is 1260. The van der Waals surface area contributed by atoms with Crippen molar-refractivity contribution in [2.45, 2.75) is 32.7 Å². The van der Waals surface area contributed by atoms with Gasteiger partial charge in [-0.2, -0.15) is 5.10 Å². The van der Waals surface area contributed by atoms with E-state index in [2.05, 4.69) is 36.1 Å². The second-order valence-electron chi connectivity index (χ2n) is 8.03. The maximum Gasteiger partial charge on any atom is 0.257 e. The summed E-state index contributed by atoms with van der Waals surface area (Å²) >= 11 is 1.47. The lowest BCUT2D eigenvalue weighted by molar-refractivity contribution is 0.102. The van der Waals surface area contributed by atoms with Gasteiger partial charge in [0.15, 0.2) is 16.6 Å². The lowest BCUT2D eigenvalue weighted by Gasteiger charge is -2.23. The summed E-state index contributed by atoms with van der Waals surface area (Å²) < 4.78 is 6.15. The number of carbonyl (C=O) groups is 1. The molecule has 1 amide bonds. The van der Waals surface area contributed by atoms with Crippen molar-refractivity contribution in [3.05, 3.63) is 52.7 Å². The Kier molecular flexibility index (Phi) is 5.93. The van der Waals surface area contributed by atoms with Gasteiger partial charge < -0.3 is 15.4 Å². The van der Waals surface area contributed by atoms with Crippen LogP contribution in [-0.4, -0.2) is 45.2 Å². The fraction of sp³-hybridized carbons (Fsp3) is 0.304. The normalized spacial score (nSPS) is 16.0. The van der Waals surface area contributed by atoms with Crippen molar-refractivity contribution >= 4 is 39.2 Å². The Balaban J connectivity index is 1.32. The van der Waals surface area contributed by atoms with Crippen molar-refractivity contribution in [3.8, 4) is 11.5 Å². The first kappa shape index (κ1) is 21.4. The predicted octanol–water partition coefficient (Wildman–Crippen LogP) is 4.24. The van der Waals surface area contributed by atoms with E-state index in [9.17, 15) is 4.79 Å². The number of aromatic nitrogens is 4. The number of nitrogens with one attached hydrogen (secondary N) is 4. The standard InChI is InChI=1S/C23H25N7O2S/c1-13-14(2)33-23(26-13)28-22(31)15-5-7-17(8-6-15)32-18-9-11-25-20-19(18)21(30-29-20)27-16-4-3-10-24-12-16/h5-9,11,16,24H,3-4,10,12H2,1-2H3,(H,26,28,31)(H2,25,27,29,30)/t16-/m1/s1. The third kappa shape index (κ3) is 4.67. The third-order valence-corrected chi connectivity index (χ3v) is 6.64. The van der Waals surface area contributed by atoms with Crippen LogP contribution in [0, 0.1) is 13.8 Å². The fourth-order valence-electron chi connectivity index (χ4n) is 3.78. The number of benzene rings is 1. The number of thiazole rings is 1. The molecule has 5 rings (SSSR count). The van der Waals surface area contributed by atoms with Crippen molar-refractivity contribution in [3.63, 3.8) is 0 Å². The van der Waals surface area contributed by atoms with Gasteiger partial charge in [-0.1, -0.05) is 0 Å². The Morgan fingerprint density at radius 2 is 2.06 bits per heavy atom. The molecule has 1 aliphatic heterocycles. The zero-order valence-corrected chi connectivity index (χ0v) is 19.3. The summed E-state index contributed by atoms with van der Waals surface area (Å²) in [5.74, 6) is 1.79. The average Bonchev–Trinajstić information content (AvgIpc) is 3.37. The molecule has 0 unspecified atom stereocenters. The second-order valence-corrected chi connectivity index (χ2v) is 9.24. The lowest BCUT2D eigenvalue weighted by Crippen LogP contribution is -2.38. The number of fused-ring (bicyclic) bond motifs is 1. The van der Waals surface area contributed by atoms with Gasteiger partial charge in [0.1, 0.15) is 16.9 Å². The first-order valence-corrected chi connectivity index (χ1v) is 11.7. The third-order valence-electron chi connectivity index (χ3n) is 5.65. The van der Waals surface area contributed by atoms with E-state index in [0.717, 1.165) is 47.7 Å². The van der Waals surface area contributed by atoms with Crippen LogP contribution in [0.4, 0.5) is 10.9 Å². The molecule has 1 atom stereocenters. The molecular weight excluding hydrogens is 438 g/mol. The quantitative estimate of drug-likeness (QED) is 0.338. The number of nitrogens with zero attached hydrogens (tertiary/aromatic N) is 3. The van der Waals surface area contributed by atoms with Gasteiger partial charge in [-0.05, 0) is 57.5 Å². The minimum atomic E-state index is -0.205. The highest BCUT2D eigenvalue weighted by Crippen LogP contribution is 2.33. The van der Waals surface area contributed by atoms with Crippen molar-refractivity contribution in [2.75, 3.05) is 23.7 Å². The number of rotatable bonds is 6. The molecule has 0 radical (unpaired) electrons. The van der Waals surface area contributed by atoms with Gasteiger partial charge in [-0.15, -0.1) is 11.3 Å². The highest BCUT2D eigenvalue weighted by molar-refractivity contribution is 7.15. The number of aryl methyl sites for hydroxylation is 2. The number of anilines is 2. The molecule has 170 valence electrons. The van der Waals surface area contributed by atoms with E-state index in [0.29, 0.717) is 33.9 Å². The van der Waals surface area contributed by atoms with Gasteiger partial charge in [-0.3, -0.25) is 15.2 Å². The van der Waals surface area contributed by atoms with Crippen LogP contribution in [0.5, 0.6) is 11.5 Å². The number of H-pyrrole nitrogens is 1. The Hall–Kier alpha value is -3.50. The first-order chi connectivity index (χ1) is 16.1. The molecule has 0 bridgehead atoms. The zero-order chi connectivity index (χ0) is 22.8. The minimum absolute atomic E-state index is 0.205. The highest BCUT2D eigenvalue weighted by Gasteiger charge is 2.19.